The van der Waals surface area contributed by atoms with Crippen molar-refractivity contribution in [3.05, 3.63) is 0 Å². The van der Waals surface area contributed by atoms with Gasteiger partial charge in [0, 0.05) is 0 Å². The van der Waals surface area contributed by atoms with Crippen LogP contribution in [0.3, 0.4) is 0 Å². The summed E-state index contributed by atoms with van der Waals surface area (Å²) in [6.45, 7) is 7.39. The van der Waals surface area contributed by atoms with E-state index in [0.29, 0.717) is 0 Å². The summed E-state index contributed by atoms with van der Waals surface area (Å²) < 4.78 is 23.2. The second-order valence-corrected chi connectivity index (χ2v) is 7.12. The molecule has 6 heteroatoms. The summed E-state index contributed by atoms with van der Waals surface area (Å²) in [4.78, 5) is -0.0561. The highest BCUT2D eigenvalue weighted by Gasteiger charge is 2.62. The molecule has 0 aromatic rings. The molecule has 2 aliphatic heterocycles. The lowest BCUT2D eigenvalue weighted by atomic mass is 9.87. The predicted molar refractivity (Wildman–Crippen MR) is 66.4 cm³/mol. The van der Waals surface area contributed by atoms with Crippen LogP contribution in [-0.4, -0.2) is 52.0 Å². The molecule has 104 valence electrons. The minimum absolute atomic E-state index is 0.0561. The summed E-state index contributed by atoms with van der Waals surface area (Å²) >= 11 is 3.61. The molecule has 2 saturated heterocycles. The van der Waals surface area contributed by atoms with E-state index < -0.39 is 17.7 Å². The second-order valence-electron chi connectivity index (χ2n) is 6.06. The zero-order chi connectivity index (χ0) is 13.3. The molecular formula is C12H19BrO5. The van der Waals surface area contributed by atoms with Gasteiger partial charge in [-0.15, -0.1) is 0 Å². The average molecular weight is 323 g/mol. The van der Waals surface area contributed by atoms with Crippen molar-refractivity contribution in [1.82, 2.24) is 0 Å². The van der Waals surface area contributed by atoms with E-state index >= 15 is 0 Å². The van der Waals surface area contributed by atoms with Gasteiger partial charge in [0.1, 0.15) is 30.5 Å². The Kier molecular flexibility index (Phi) is 2.87. The van der Waals surface area contributed by atoms with E-state index in [1.165, 1.54) is 0 Å². The highest BCUT2D eigenvalue weighted by Crippen LogP contribution is 2.46. The molecule has 0 aromatic carbocycles. The van der Waals surface area contributed by atoms with Crippen molar-refractivity contribution in [2.45, 2.75) is 74.6 Å². The maximum atomic E-state index is 10.4. The fraction of sp³-hybridized carbons (Fsp3) is 1.00. The van der Waals surface area contributed by atoms with Crippen LogP contribution >= 0.6 is 15.9 Å². The van der Waals surface area contributed by atoms with Crippen LogP contribution in [0.4, 0.5) is 0 Å². The zero-order valence-corrected chi connectivity index (χ0v) is 12.5. The topological polar surface area (TPSA) is 57.2 Å². The van der Waals surface area contributed by atoms with Gasteiger partial charge in [0.05, 0.1) is 4.83 Å². The summed E-state index contributed by atoms with van der Waals surface area (Å²) in [5, 5.41) is 10.4. The van der Waals surface area contributed by atoms with Gasteiger partial charge in [-0.3, -0.25) is 0 Å². The van der Waals surface area contributed by atoms with Crippen LogP contribution in [0.5, 0.6) is 0 Å². The average Bonchev–Trinajstić information content (AvgIpc) is 2.72. The molecular weight excluding hydrogens is 304 g/mol. The summed E-state index contributed by atoms with van der Waals surface area (Å²) in [6.07, 6.45) is -1.97. The monoisotopic (exact) mass is 322 g/mol. The fourth-order valence-electron chi connectivity index (χ4n) is 3.03. The van der Waals surface area contributed by atoms with Gasteiger partial charge < -0.3 is 24.1 Å². The molecule has 4 atom stereocenters. The first-order valence-electron chi connectivity index (χ1n) is 6.24. The number of rotatable bonds is 0. The molecule has 0 aromatic heterocycles. The van der Waals surface area contributed by atoms with Crippen LogP contribution in [0, 0.1) is 0 Å². The number of aliphatic hydroxyl groups excluding tert-OH is 1. The van der Waals surface area contributed by atoms with Gasteiger partial charge in [0.15, 0.2) is 11.6 Å². The zero-order valence-electron chi connectivity index (χ0n) is 10.9. The maximum absolute atomic E-state index is 10.4. The van der Waals surface area contributed by atoms with E-state index in [-0.39, 0.29) is 29.2 Å². The lowest BCUT2D eigenvalue weighted by Gasteiger charge is -2.38. The lowest BCUT2D eigenvalue weighted by molar-refractivity contribution is -0.179. The Morgan fingerprint density at radius 3 is 1.50 bits per heavy atom. The Hall–Kier alpha value is 0.280. The van der Waals surface area contributed by atoms with Crippen molar-refractivity contribution in [3.8, 4) is 0 Å². The molecule has 2 heterocycles. The van der Waals surface area contributed by atoms with E-state index in [1.807, 2.05) is 27.7 Å². The highest BCUT2D eigenvalue weighted by atomic mass is 79.9. The van der Waals surface area contributed by atoms with E-state index in [1.54, 1.807) is 0 Å². The SMILES string of the molecule is CC1(C)O[C@@H]2C(Br)[C@H]3OC(C)(C)O[C@H]3C(O)[C@@H]2O1. The minimum atomic E-state index is -0.739. The van der Waals surface area contributed by atoms with Gasteiger partial charge in [-0.05, 0) is 27.7 Å². The third-order valence-corrected chi connectivity index (χ3v) is 4.67. The lowest BCUT2D eigenvalue weighted by Crippen LogP contribution is -2.59. The molecule has 3 fully saturated rings. The first-order chi connectivity index (χ1) is 8.20. The third kappa shape index (κ3) is 1.94. The molecule has 1 saturated carbocycles. The van der Waals surface area contributed by atoms with Crippen LogP contribution in [0.15, 0.2) is 0 Å². The first kappa shape index (κ1) is 13.3. The Morgan fingerprint density at radius 1 is 0.778 bits per heavy atom. The Morgan fingerprint density at radius 2 is 1.11 bits per heavy atom. The van der Waals surface area contributed by atoms with Gasteiger partial charge in [-0.25, -0.2) is 0 Å². The largest absolute Gasteiger partial charge is 0.387 e. The standard InChI is InChI=1S/C12H19BrO5/c1-11(2)15-7-5(13)8-10(6(14)9(7)17-11)18-12(3,4)16-8/h5-10,14H,1-4H3/t5?,6?,7-,8-,9+,10+/m1/s1. The van der Waals surface area contributed by atoms with Gasteiger partial charge in [0.2, 0.25) is 0 Å². The number of aliphatic hydroxyl groups is 1. The Bertz CT molecular complexity index is 296. The van der Waals surface area contributed by atoms with Gasteiger partial charge in [0.25, 0.3) is 0 Å². The fourth-order valence-corrected chi connectivity index (χ4v) is 3.85. The third-order valence-electron chi connectivity index (χ3n) is 3.63. The van der Waals surface area contributed by atoms with Crippen LogP contribution in [0.1, 0.15) is 27.7 Å². The highest BCUT2D eigenvalue weighted by molar-refractivity contribution is 9.09. The molecule has 0 amide bonds. The number of hydrogen-bond donors (Lipinski definition) is 1. The Balaban J connectivity index is 1.88. The van der Waals surface area contributed by atoms with E-state index in [9.17, 15) is 5.11 Å². The predicted octanol–water partition coefficient (Wildman–Crippen LogP) is 1.16. The van der Waals surface area contributed by atoms with Crippen LogP contribution in [-0.2, 0) is 18.9 Å². The van der Waals surface area contributed by atoms with Gasteiger partial charge >= 0.3 is 0 Å². The van der Waals surface area contributed by atoms with Crippen molar-refractivity contribution < 1.29 is 24.1 Å². The number of ether oxygens (including phenoxy) is 4. The van der Waals surface area contributed by atoms with Crippen LogP contribution in [0.2, 0.25) is 0 Å². The second kappa shape index (κ2) is 3.90. The quantitative estimate of drug-likeness (QED) is 0.678. The summed E-state index contributed by atoms with van der Waals surface area (Å²) in [5.41, 5.74) is 0. The number of alkyl halides is 1. The molecule has 3 aliphatic rings. The van der Waals surface area contributed by atoms with Crippen molar-refractivity contribution >= 4 is 15.9 Å². The number of hydrogen-bond acceptors (Lipinski definition) is 5. The number of halogens is 1. The van der Waals surface area contributed by atoms with Crippen molar-refractivity contribution in [1.29, 1.82) is 0 Å². The molecule has 18 heavy (non-hydrogen) atoms. The van der Waals surface area contributed by atoms with Crippen molar-refractivity contribution in [3.63, 3.8) is 0 Å². The van der Waals surface area contributed by atoms with Gasteiger partial charge in [-0.1, -0.05) is 15.9 Å². The molecule has 5 nitrogen and oxygen atoms in total. The summed E-state index contributed by atoms with van der Waals surface area (Å²) in [7, 11) is 0. The van der Waals surface area contributed by atoms with Crippen LogP contribution in [0.25, 0.3) is 0 Å². The van der Waals surface area contributed by atoms with Crippen molar-refractivity contribution in [2.24, 2.45) is 0 Å². The van der Waals surface area contributed by atoms with E-state index in [0.717, 1.165) is 0 Å². The smallest absolute Gasteiger partial charge is 0.163 e. The molecule has 0 radical (unpaired) electrons. The first-order valence-corrected chi connectivity index (χ1v) is 7.15. The molecule has 0 unspecified atom stereocenters. The van der Waals surface area contributed by atoms with Crippen LogP contribution < -0.4 is 0 Å². The van der Waals surface area contributed by atoms with Gasteiger partial charge in [-0.2, -0.15) is 0 Å². The van der Waals surface area contributed by atoms with E-state index in [2.05, 4.69) is 15.9 Å². The van der Waals surface area contributed by atoms with Crippen molar-refractivity contribution in [2.75, 3.05) is 0 Å². The molecule has 0 bridgehead atoms. The Labute approximate surface area is 115 Å². The molecule has 1 aliphatic carbocycles. The van der Waals surface area contributed by atoms with E-state index in [4.69, 9.17) is 18.9 Å². The summed E-state index contributed by atoms with van der Waals surface area (Å²) in [5.74, 6) is -1.37. The molecule has 1 N–H and O–H groups in total. The maximum Gasteiger partial charge on any atom is 0.163 e. The molecule has 3 rings (SSSR count). The normalized spacial score (nSPS) is 53.0. The molecule has 0 spiro atoms. The summed E-state index contributed by atoms with van der Waals surface area (Å²) in [6, 6.07) is 0. The minimum Gasteiger partial charge on any atom is -0.387 e. The number of fused-ring (bicyclic) bond motifs is 2.